The highest BCUT2D eigenvalue weighted by Crippen LogP contribution is 2.51. The van der Waals surface area contributed by atoms with Crippen molar-refractivity contribution in [2.45, 2.75) is 0 Å². The van der Waals surface area contributed by atoms with E-state index in [0.717, 1.165) is 22.4 Å². The number of nitrogens with zero attached hydrogens (tertiary/aromatic N) is 1. The Balaban J connectivity index is 1.40. The molecule has 8 aromatic rings. The number of hydrogen-bond acceptors (Lipinski definition) is 3. The first kappa shape index (κ1) is 26.1. The predicted octanol–water partition coefficient (Wildman–Crippen LogP) is 11.9. The second-order valence-corrected chi connectivity index (χ2v) is 11.7. The molecule has 0 radical (unpaired) electrons. The third-order valence-electron chi connectivity index (χ3n) is 8.05. The molecule has 2 nitrogen and oxygen atoms in total. The summed E-state index contributed by atoms with van der Waals surface area (Å²) in [5.74, 6) is 0.616. The van der Waals surface area contributed by atoms with Crippen molar-refractivity contribution in [1.82, 2.24) is 4.98 Å². The number of thiophene rings is 1. The summed E-state index contributed by atoms with van der Waals surface area (Å²) in [4.78, 5) is 7.49. The third kappa shape index (κ3) is 4.64. The Hall–Kier alpha value is -5.51. The van der Waals surface area contributed by atoms with Gasteiger partial charge in [0.1, 0.15) is 12.0 Å². The van der Waals surface area contributed by atoms with Gasteiger partial charge in [0, 0.05) is 42.8 Å². The second kappa shape index (κ2) is 11.3. The second-order valence-electron chi connectivity index (χ2n) is 10.7. The van der Waals surface area contributed by atoms with Gasteiger partial charge in [-0.25, -0.2) is 4.98 Å². The molecular formula is C41H27NOS. The molecule has 0 fully saturated rings. The largest absolute Gasteiger partial charge is 0.444 e. The van der Waals surface area contributed by atoms with E-state index >= 15 is 0 Å². The molecule has 0 aliphatic heterocycles. The summed E-state index contributed by atoms with van der Waals surface area (Å²) >= 11 is 1.85. The van der Waals surface area contributed by atoms with Gasteiger partial charge in [-0.15, -0.1) is 11.3 Å². The van der Waals surface area contributed by atoms with E-state index in [-0.39, 0.29) is 0 Å². The minimum absolute atomic E-state index is 0.616. The van der Waals surface area contributed by atoms with Crippen LogP contribution >= 0.6 is 11.3 Å². The minimum atomic E-state index is 0.616. The van der Waals surface area contributed by atoms with E-state index in [1.165, 1.54) is 48.3 Å². The van der Waals surface area contributed by atoms with Gasteiger partial charge in [0.15, 0.2) is 0 Å². The number of oxazole rings is 1. The number of fused-ring (bicyclic) bond motifs is 1. The number of hydrogen-bond donors (Lipinski definition) is 0. The van der Waals surface area contributed by atoms with E-state index in [9.17, 15) is 0 Å². The summed E-state index contributed by atoms with van der Waals surface area (Å²) in [5.41, 5.74) is 10.0. The Labute approximate surface area is 260 Å². The first-order chi connectivity index (χ1) is 21.8. The third-order valence-corrected chi connectivity index (χ3v) is 9.33. The normalized spacial score (nSPS) is 11.2. The lowest BCUT2D eigenvalue weighted by molar-refractivity contribution is 0.575. The molecule has 208 valence electrons. The topological polar surface area (TPSA) is 26.0 Å². The molecule has 0 N–H and O–H groups in total. The lowest BCUT2D eigenvalue weighted by atomic mass is 9.91. The van der Waals surface area contributed by atoms with E-state index in [2.05, 4.69) is 127 Å². The molecule has 0 spiro atoms. The Morgan fingerprint density at radius 2 is 0.909 bits per heavy atom. The molecular weight excluding hydrogens is 555 g/mol. The van der Waals surface area contributed by atoms with Crippen LogP contribution in [0, 0.1) is 0 Å². The lowest BCUT2D eigenvalue weighted by Gasteiger charge is -2.14. The van der Waals surface area contributed by atoms with Crippen LogP contribution in [0.2, 0.25) is 0 Å². The van der Waals surface area contributed by atoms with Gasteiger partial charge in [0.05, 0.1) is 0 Å². The van der Waals surface area contributed by atoms with Crippen molar-refractivity contribution >= 4 is 22.1 Å². The smallest absolute Gasteiger partial charge is 0.226 e. The van der Waals surface area contributed by atoms with Crippen LogP contribution in [0.4, 0.5) is 0 Å². The molecule has 0 aliphatic rings. The van der Waals surface area contributed by atoms with E-state index < -0.39 is 0 Å². The monoisotopic (exact) mass is 581 g/mol. The molecule has 3 heteroatoms. The van der Waals surface area contributed by atoms with Crippen LogP contribution in [0.5, 0.6) is 0 Å². The van der Waals surface area contributed by atoms with Crippen molar-refractivity contribution in [3.8, 4) is 65.8 Å². The SMILES string of the molecule is c1ccc(-c2nc(-c3cccc(-c4ccccc4)c3-c3sc(-c4ccccc4-c4ccccc4)c4ccccc34)co2)cc1. The Bertz CT molecular complexity index is 2210. The lowest BCUT2D eigenvalue weighted by Crippen LogP contribution is -1.90. The maximum absolute atomic E-state index is 6.06. The van der Waals surface area contributed by atoms with Gasteiger partial charge in [0.25, 0.3) is 0 Å². The zero-order valence-corrected chi connectivity index (χ0v) is 24.7. The van der Waals surface area contributed by atoms with Gasteiger partial charge in [-0.1, -0.05) is 146 Å². The standard InChI is InChI=1S/C41H27NOS/c1-4-15-28(16-5-1)31-21-10-11-22-33(31)39-34-23-12-13-24-35(34)40(44-39)38-32(29-17-6-2-7-18-29)25-14-26-36(38)37-27-43-41(42-37)30-19-8-3-9-20-30/h1-27H. The van der Waals surface area contributed by atoms with E-state index in [1.807, 2.05) is 41.7 Å². The summed E-state index contributed by atoms with van der Waals surface area (Å²) in [7, 11) is 0. The maximum atomic E-state index is 6.06. The van der Waals surface area contributed by atoms with Crippen LogP contribution in [0.25, 0.3) is 76.6 Å². The highest BCUT2D eigenvalue weighted by molar-refractivity contribution is 7.21. The molecule has 0 atom stereocenters. The van der Waals surface area contributed by atoms with E-state index in [0.29, 0.717) is 5.89 Å². The fourth-order valence-electron chi connectivity index (χ4n) is 6.01. The Morgan fingerprint density at radius 1 is 0.409 bits per heavy atom. The molecule has 44 heavy (non-hydrogen) atoms. The van der Waals surface area contributed by atoms with E-state index in [1.54, 1.807) is 6.26 Å². The van der Waals surface area contributed by atoms with Gasteiger partial charge in [-0.05, 0) is 34.4 Å². The van der Waals surface area contributed by atoms with Gasteiger partial charge >= 0.3 is 0 Å². The Morgan fingerprint density at radius 3 is 1.59 bits per heavy atom. The highest BCUT2D eigenvalue weighted by atomic mass is 32.1. The molecule has 2 aromatic heterocycles. The van der Waals surface area contributed by atoms with Crippen molar-refractivity contribution < 1.29 is 4.42 Å². The molecule has 0 saturated heterocycles. The number of aromatic nitrogens is 1. The van der Waals surface area contributed by atoms with Crippen LogP contribution < -0.4 is 0 Å². The summed E-state index contributed by atoms with van der Waals surface area (Å²) in [5, 5.41) is 2.47. The van der Waals surface area contributed by atoms with Crippen molar-refractivity contribution in [3.05, 3.63) is 164 Å². The van der Waals surface area contributed by atoms with Crippen molar-refractivity contribution in [3.63, 3.8) is 0 Å². The molecule has 2 heterocycles. The fraction of sp³-hybridized carbons (Fsp3) is 0. The van der Waals surface area contributed by atoms with Gasteiger partial charge in [0.2, 0.25) is 5.89 Å². The van der Waals surface area contributed by atoms with Crippen LogP contribution in [0.1, 0.15) is 0 Å². The van der Waals surface area contributed by atoms with Gasteiger partial charge in [-0.2, -0.15) is 0 Å². The van der Waals surface area contributed by atoms with Gasteiger partial charge < -0.3 is 4.42 Å². The molecule has 8 rings (SSSR count). The Kier molecular flexibility index (Phi) is 6.71. The van der Waals surface area contributed by atoms with Crippen LogP contribution in [0.3, 0.4) is 0 Å². The summed E-state index contributed by atoms with van der Waals surface area (Å²) < 4.78 is 6.06. The molecule has 0 aliphatic carbocycles. The van der Waals surface area contributed by atoms with E-state index in [4.69, 9.17) is 9.40 Å². The predicted molar refractivity (Wildman–Crippen MR) is 185 cm³/mol. The minimum Gasteiger partial charge on any atom is -0.444 e. The summed E-state index contributed by atoms with van der Waals surface area (Å²) in [6, 6.07) is 55.4. The van der Waals surface area contributed by atoms with Gasteiger partial charge in [-0.3, -0.25) is 0 Å². The molecule has 6 aromatic carbocycles. The molecule has 0 unspecified atom stereocenters. The zero-order valence-electron chi connectivity index (χ0n) is 23.9. The first-order valence-corrected chi connectivity index (χ1v) is 15.5. The maximum Gasteiger partial charge on any atom is 0.226 e. The van der Waals surface area contributed by atoms with Crippen molar-refractivity contribution in [1.29, 1.82) is 0 Å². The van der Waals surface area contributed by atoms with Crippen LogP contribution in [-0.2, 0) is 0 Å². The average Bonchev–Trinajstić information content (AvgIpc) is 3.75. The summed E-state index contributed by atoms with van der Waals surface area (Å²) in [6.07, 6.45) is 1.79. The van der Waals surface area contributed by atoms with Crippen molar-refractivity contribution in [2.75, 3.05) is 0 Å². The summed E-state index contributed by atoms with van der Waals surface area (Å²) in [6.45, 7) is 0. The zero-order chi connectivity index (χ0) is 29.3. The first-order valence-electron chi connectivity index (χ1n) is 14.7. The fourth-order valence-corrected chi connectivity index (χ4v) is 7.40. The average molecular weight is 582 g/mol. The van der Waals surface area contributed by atoms with Crippen molar-refractivity contribution in [2.24, 2.45) is 0 Å². The van der Waals surface area contributed by atoms with Crippen LogP contribution in [0.15, 0.2) is 168 Å². The molecule has 0 amide bonds. The quantitative estimate of drug-likeness (QED) is 0.195. The number of benzene rings is 6. The molecule has 0 bridgehead atoms. The highest BCUT2D eigenvalue weighted by Gasteiger charge is 2.23. The van der Waals surface area contributed by atoms with Crippen LogP contribution in [-0.4, -0.2) is 4.98 Å². The number of rotatable bonds is 6. The molecule has 0 saturated carbocycles.